The van der Waals surface area contributed by atoms with Gasteiger partial charge < -0.3 is 15.2 Å². The molecule has 0 aliphatic heterocycles. The Kier molecular flexibility index (Phi) is 11.1. The van der Waals surface area contributed by atoms with Crippen LogP contribution in [0, 0.1) is 0 Å². The first-order chi connectivity index (χ1) is 5.04. The van der Waals surface area contributed by atoms with E-state index in [1.807, 2.05) is 14.1 Å². The average molecular weight is 163 g/mol. The summed E-state index contributed by atoms with van der Waals surface area (Å²) in [7, 11) is 3.75. The van der Waals surface area contributed by atoms with Crippen molar-refractivity contribution in [3.63, 3.8) is 0 Å². The highest BCUT2D eigenvalue weighted by atomic mass is 16.5. The third-order valence-corrected chi connectivity index (χ3v) is 0.528. The van der Waals surface area contributed by atoms with Crippen molar-refractivity contribution in [2.75, 3.05) is 20.7 Å². The predicted octanol–water partition coefficient (Wildman–Crippen LogP) is -0.234. The molecule has 0 aromatic carbocycles. The number of hydrogen-bond donors (Lipinski definition) is 2. The van der Waals surface area contributed by atoms with Gasteiger partial charge in [-0.2, -0.15) is 0 Å². The molecule has 0 radical (unpaired) electrons. The minimum absolute atomic E-state index is 0.0926. The van der Waals surface area contributed by atoms with Crippen LogP contribution in [-0.4, -0.2) is 37.9 Å². The van der Waals surface area contributed by atoms with Gasteiger partial charge in [-0.25, -0.2) is 0 Å². The van der Waals surface area contributed by atoms with E-state index in [-0.39, 0.29) is 12.6 Å². The molecule has 0 saturated carbocycles. The summed E-state index contributed by atoms with van der Waals surface area (Å²) in [6, 6.07) is 0. The first-order valence-electron chi connectivity index (χ1n) is 3.44. The first-order valence-corrected chi connectivity index (χ1v) is 3.44. The molecule has 4 heteroatoms. The Bertz CT molecular complexity index is 93.7. The van der Waals surface area contributed by atoms with Gasteiger partial charge in [0.25, 0.3) is 0 Å². The lowest BCUT2D eigenvalue weighted by Crippen LogP contribution is -2.12. The van der Waals surface area contributed by atoms with Gasteiger partial charge in [0.1, 0.15) is 6.61 Å². The SMILES string of the molecule is CC(=O)OCC(C)O.CNC. The van der Waals surface area contributed by atoms with Crippen LogP contribution in [-0.2, 0) is 9.53 Å². The van der Waals surface area contributed by atoms with Crippen LogP contribution in [0.5, 0.6) is 0 Å². The van der Waals surface area contributed by atoms with Gasteiger partial charge in [0, 0.05) is 6.92 Å². The zero-order chi connectivity index (χ0) is 9.28. The van der Waals surface area contributed by atoms with E-state index in [2.05, 4.69) is 10.1 Å². The lowest BCUT2D eigenvalue weighted by molar-refractivity contribution is -0.143. The molecule has 0 rings (SSSR count). The van der Waals surface area contributed by atoms with Gasteiger partial charge in [-0.1, -0.05) is 0 Å². The van der Waals surface area contributed by atoms with Crippen molar-refractivity contribution in [1.82, 2.24) is 5.32 Å². The summed E-state index contributed by atoms with van der Waals surface area (Å²) in [5.74, 6) is -0.356. The lowest BCUT2D eigenvalue weighted by Gasteiger charge is -2.01. The Morgan fingerprint density at radius 2 is 2.00 bits per heavy atom. The predicted molar refractivity (Wildman–Crippen MR) is 43.3 cm³/mol. The second-order valence-corrected chi connectivity index (χ2v) is 2.15. The smallest absolute Gasteiger partial charge is 0.302 e. The molecule has 0 bridgehead atoms. The molecular formula is C7H17NO3. The molecule has 1 atom stereocenters. The van der Waals surface area contributed by atoms with Gasteiger partial charge in [-0.05, 0) is 21.0 Å². The molecule has 0 spiro atoms. The zero-order valence-corrected chi connectivity index (χ0v) is 7.55. The zero-order valence-electron chi connectivity index (χ0n) is 7.55. The highest BCUT2D eigenvalue weighted by Gasteiger charge is 1.96. The highest BCUT2D eigenvalue weighted by molar-refractivity contribution is 5.65. The fourth-order valence-electron chi connectivity index (χ4n) is 0.238. The van der Waals surface area contributed by atoms with Crippen LogP contribution in [0.3, 0.4) is 0 Å². The van der Waals surface area contributed by atoms with Gasteiger partial charge in [0.2, 0.25) is 0 Å². The molecule has 0 saturated heterocycles. The van der Waals surface area contributed by atoms with E-state index < -0.39 is 6.10 Å². The number of carbonyl (C=O) groups is 1. The van der Waals surface area contributed by atoms with E-state index in [0.29, 0.717) is 0 Å². The summed E-state index contributed by atoms with van der Waals surface area (Å²) in [5, 5.41) is 11.3. The van der Waals surface area contributed by atoms with E-state index in [4.69, 9.17) is 5.11 Å². The van der Waals surface area contributed by atoms with Crippen molar-refractivity contribution in [3.05, 3.63) is 0 Å². The van der Waals surface area contributed by atoms with Crippen molar-refractivity contribution in [1.29, 1.82) is 0 Å². The number of aliphatic hydroxyl groups is 1. The molecule has 68 valence electrons. The van der Waals surface area contributed by atoms with Crippen LogP contribution in [0.4, 0.5) is 0 Å². The van der Waals surface area contributed by atoms with E-state index in [9.17, 15) is 4.79 Å². The van der Waals surface area contributed by atoms with E-state index >= 15 is 0 Å². The number of esters is 1. The minimum Gasteiger partial charge on any atom is -0.463 e. The summed E-state index contributed by atoms with van der Waals surface area (Å²) < 4.78 is 4.41. The monoisotopic (exact) mass is 163 g/mol. The number of hydrogen-bond acceptors (Lipinski definition) is 4. The third kappa shape index (κ3) is 26.6. The Morgan fingerprint density at radius 1 is 1.64 bits per heavy atom. The van der Waals surface area contributed by atoms with Crippen LogP contribution >= 0.6 is 0 Å². The molecule has 0 fully saturated rings. The molecule has 0 amide bonds. The lowest BCUT2D eigenvalue weighted by atomic mass is 10.4. The number of ether oxygens (including phenoxy) is 1. The summed E-state index contributed by atoms with van der Waals surface area (Å²) in [6.07, 6.45) is -0.557. The van der Waals surface area contributed by atoms with E-state index in [1.165, 1.54) is 6.92 Å². The van der Waals surface area contributed by atoms with E-state index in [0.717, 1.165) is 0 Å². The maximum atomic E-state index is 10.0. The Balaban J connectivity index is 0. The van der Waals surface area contributed by atoms with Crippen molar-refractivity contribution in [2.45, 2.75) is 20.0 Å². The Morgan fingerprint density at radius 3 is 2.09 bits per heavy atom. The van der Waals surface area contributed by atoms with Crippen molar-refractivity contribution < 1.29 is 14.6 Å². The number of carbonyl (C=O) groups excluding carboxylic acids is 1. The summed E-state index contributed by atoms with van der Waals surface area (Å²) in [6.45, 7) is 2.96. The van der Waals surface area contributed by atoms with E-state index in [1.54, 1.807) is 6.92 Å². The molecule has 0 aromatic rings. The van der Waals surface area contributed by atoms with Gasteiger partial charge in [0.15, 0.2) is 0 Å². The average Bonchev–Trinajstić information content (AvgIpc) is 1.85. The second-order valence-electron chi connectivity index (χ2n) is 2.15. The second kappa shape index (κ2) is 9.39. The van der Waals surface area contributed by atoms with Crippen LogP contribution in [0.1, 0.15) is 13.8 Å². The number of aliphatic hydroxyl groups excluding tert-OH is 1. The molecule has 2 N–H and O–H groups in total. The van der Waals surface area contributed by atoms with Crippen molar-refractivity contribution in [3.8, 4) is 0 Å². The van der Waals surface area contributed by atoms with Gasteiger partial charge in [-0.3, -0.25) is 4.79 Å². The van der Waals surface area contributed by atoms with Crippen LogP contribution in [0.2, 0.25) is 0 Å². The van der Waals surface area contributed by atoms with Crippen LogP contribution in [0.25, 0.3) is 0 Å². The fraction of sp³-hybridized carbons (Fsp3) is 0.857. The van der Waals surface area contributed by atoms with Crippen molar-refractivity contribution in [2.24, 2.45) is 0 Å². The molecule has 11 heavy (non-hydrogen) atoms. The number of rotatable bonds is 2. The minimum atomic E-state index is -0.557. The quantitative estimate of drug-likeness (QED) is 0.552. The molecule has 4 nitrogen and oxygen atoms in total. The van der Waals surface area contributed by atoms with Gasteiger partial charge in [0.05, 0.1) is 6.10 Å². The summed E-state index contributed by atoms with van der Waals surface area (Å²) >= 11 is 0. The summed E-state index contributed by atoms with van der Waals surface area (Å²) in [4.78, 5) is 10.0. The van der Waals surface area contributed by atoms with Crippen LogP contribution in [0.15, 0.2) is 0 Å². The first kappa shape index (κ1) is 13.0. The Hall–Kier alpha value is -0.610. The van der Waals surface area contributed by atoms with Crippen molar-refractivity contribution >= 4 is 5.97 Å². The maximum absolute atomic E-state index is 10.0. The molecule has 0 aliphatic rings. The maximum Gasteiger partial charge on any atom is 0.302 e. The molecule has 1 unspecified atom stereocenters. The van der Waals surface area contributed by atoms with Gasteiger partial charge >= 0.3 is 5.97 Å². The molecular weight excluding hydrogens is 146 g/mol. The largest absolute Gasteiger partial charge is 0.463 e. The molecule has 0 aromatic heterocycles. The van der Waals surface area contributed by atoms with Crippen LogP contribution < -0.4 is 5.32 Å². The summed E-state index contributed by atoms with van der Waals surface area (Å²) in [5.41, 5.74) is 0. The van der Waals surface area contributed by atoms with Gasteiger partial charge in [-0.15, -0.1) is 0 Å². The highest BCUT2D eigenvalue weighted by Crippen LogP contribution is 1.81. The fourth-order valence-corrected chi connectivity index (χ4v) is 0.238. The molecule has 0 aliphatic carbocycles. The topological polar surface area (TPSA) is 58.6 Å². The molecule has 0 heterocycles. The standard InChI is InChI=1S/C5H10O3.C2H7N/c1-4(6)3-8-5(2)7;1-3-2/h4,6H,3H2,1-2H3;3H,1-2H3. The Labute approximate surface area is 67.6 Å². The third-order valence-electron chi connectivity index (χ3n) is 0.528. The normalized spacial score (nSPS) is 11.0. The number of nitrogens with one attached hydrogen (secondary N) is 1.